The molecule has 0 spiro atoms. The van der Waals surface area contributed by atoms with Crippen molar-refractivity contribution in [2.24, 2.45) is 0 Å². The Morgan fingerprint density at radius 3 is 2.81 bits per heavy atom. The first kappa shape index (κ1) is 14.8. The van der Waals surface area contributed by atoms with Crippen molar-refractivity contribution in [3.8, 4) is 5.75 Å². The predicted octanol–water partition coefficient (Wildman–Crippen LogP) is 3.37. The van der Waals surface area contributed by atoms with Crippen LogP contribution in [0.1, 0.15) is 22.8 Å². The first-order valence-corrected chi connectivity index (χ1v) is 6.61. The number of ether oxygens (including phenoxy) is 1. The second-order valence-corrected chi connectivity index (χ2v) is 4.61. The molecule has 2 aromatic carbocycles. The Hall–Kier alpha value is -2.56. The Bertz CT molecular complexity index is 671. The molecule has 0 aliphatic carbocycles. The molecule has 110 valence electrons. The van der Waals surface area contributed by atoms with Gasteiger partial charge in [0, 0.05) is 17.4 Å². The fourth-order valence-electron chi connectivity index (χ4n) is 1.99. The van der Waals surface area contributed by atoms with E-state index in [4.69, 9.17) is 10.5 Å². The van der Waals surface area contributed by atoms with Gasteiger partial charge in [-0.05, 0) is 43.7 Å². The fourth-order valence-corrected chi connectivity index (χ4v) is 1.99. The molecule has 0 saturated carbocycles. The van der Waals surface area contributed by atoms with Crippen molar-refractivity contribution in [1.29, 1.82) is 0 Å². The maximum absolute atomic E-state index is 14.0. The standard InChI is InChI=1S/C16H17FN2O2/c1-3-21-13-6-4-5-12(9-13)19-16(20)14-8-11(18)7-10(2)15(14)17/h4-9H,3,18H2,1-2H3,(H,19,20). The highest BCUT2D eigenvalue weighted by molar-refractivity contribution is 6.05. The number of rotatable bonds is 4. The lowest BCUT2D eigenvalue weighted by molar-refractivity contribution is 0.102. The third kappa shape index (κ3) is 3.51. The number of anilines is 2. The van der Waals surface area contributed by atoms with Crippen molar-refractivity contribution in [3.63, 3.8) is 0 Å². The Kier molecular flexibility index (Phi) is 4.42. The molecule has 0 atom stereocenters. The Labute approximate surface area is 122 Å². The Balaban J connectivity index is 2.24. The van der Waals surface area contributed by atoms with E-state index in [-0.39, 0.29) is 5.56 Å². The summed E-state index contributed by atoms with van der Waals surface area (Å²) in [5.74, 6) is -0.473. The lowest BCUT2D eigenvalue weighted by atomic mass is 10.1. The summed E-state index contributed by atoms with van der Waals surface area (Å²) >= 11 is 0. The van der Waals surface area contributed by atoms with E-state index in [2.05, 4.69) is 5.32 Å². The average molecular weight is 288 g/mol. The third-order valence-electron chi connectivity index (χ3n) is 2.92. The van der Waals surface area contributed by atoms with Gasteiger partial charge in [0.2, 0.25) is 0 Å². The second-order valence-electron chi connectivity index (χ2n) is 4.61. The summed E-state index contributed by atoms with van der Waals surface area (Å²) in [7, 11) is 0. The fraction of sp³-hybridized carbons (Fsp3) is 0.188. The molecule has 21 heavy (non-hydrogen) atoms. The number of hydrogen-bond acceptors (Lipinski definition) is 3. The number of carbonyl (C=O) groups is 1. The number of hydrogen-bond donors (Lipinski definition) is 2. The summed E-state index contributed by atoms with van der Waals surface area (Å²) in [5, 5.41) is 2.64. The van der Waals surface area contributed by atoms with Gasteiger partial charge >= 0.3 is 0 Å². The van der Waals surface area contributed by atoms with E-state index in [1.165, 1.54) is 12.1 Å². The highest BCUT2D eigenvalue weighted by atomic mass is 19.1. The van der Waals surface area contributed by atoms with E-state index >= 15 is 0 Å². The Morgan fingerprint density at radius 2 is 2.10 bits per heavy atom. The normalized spacial score (nSPS) is 10.2. The molecule has 4 nitrogen and oxygen atoms in total. The maximum atomic E-state index is 14.0. The van der Waals surface area contributed by atoms with Gasteiger partial charge in [0.05, 0.1) is 12.2 Å². The molecule has 0 aliphatic rings. The van der Waals surface area contributed by atoms with Crippen LogP contribution in [0, 0.1) is 12.7 Å². The minimum atomic E-state index is -0.567. The summed E-state index contributed by atoms with van der Waals surface area (Å²) in [6.45, 7) is 3.97. The molecule has 1 amide bonds. The molecule has 0 aliphatic heterocycles. The van der Waals surface area contributed by atoms with Crippen LogP contribution in [0.25, 0.3) is 0 Å². The number of aryl methyl sites for hydroxylation is 1. The summed E-state index contributed by atoms with van der Waals surface area (Å²) in [5.41, 5.74) is 6.80. The highest BCUT2D eigenvalue weighted by Gasteiger charge is 2.15. The first-order valence-electron chi connectivity index (χ1n) is 6.61. The minimum Gasteiger partial charge on any atom is -0.494 e. The molecule has 0 heterocycles. The number of carbonyl (C=O) groups excluding carboxylic acids is 1. The van der Waals surface area contributed by atoms with Crippen LogP contribution in [0.15, 0.2) is 36.4 Å². The van der Waals surface area contributed by atoms with Crippen molar-refractivity contribution in [3.05, 3.63) is 53.3 Å². The summed E-state index contributed by atoms with van der Waals surface area (Å²) in [6.07, 6.45) is 0. The number of nitrogens with two attached hydrogens (primary N) is 1. The van der Waals surface area contributed by atoms with Crippen LogP contribution >= 0.6 is 0 Å². The van der Waals surface area contributed by atoms with E-state index < -0.39 is 11.7 Å². The molecule has 0 radical (unpaired) electrons. The number of amides is 1. The number of nitrogen functional groups attached to an aromatic ring is 1. The third-order valence-corrected chi connectivity index (χ3v) is 2.92. The minimum absolute atomic E-state index is 0.0747. The van der Waals surface area contributed by atoms with Gasteiger partial charge in [-0.3, -0.25) is 4.79 Å². The van der Waals surface area contributed by atoms with Crippen LogP contribution in [0.4, 0.5) is 15.8 Å². The van der Waals surface area contributed by atoms with Crippen LogP contribution in [0.2, 0.25) is 0 Å². The topological polar surface area (TPSA) is 64.3 Å². The summed E-state index contributed by atoms with van der Waals surface area (Å²) in [6, 6.07) is 9.73. The molecule has 2 rings (SSSR count). The van der Waals surface area contributed by atoms with Crippen molar-refractivity contribution in [2.45, 2.75) is 13.8 Å². The van der Waals surface area contributed by atoms with E-state index in [0.717, 1.165) is 0 Å². The molecule has 0 unspecified atom stereocenters. The van der Waals surface area contributed by atoms with E-state index in [0.29, 0.717) is 29.3 Å². The zero-order chi connectivity index (χ0) is 15.4. The smallest absolute Gasteiger partial charge is 0.258 e. The molecule has 0 saturated heterocycles. The van der Waals surface area contributed by atoms with Gasteiger partial charge < -0.3 is 15.8 Å². The predicted molar refractivity (Wildman–Crippen MR) is 81.1 cm³/mol. The van der Waals surface area contributed by atoms with Crippen molar-refractivity contribution in [1.82, 2.24) is 0 Å². The van der Waals surface area contributed by atoms with Crippen LogP contribution in [0.3, 0.4) is 0 Å². The quantitative estimate of drug-likeness (QED) is 0.848. The van der Waals surface area contributed by atoms with Gasteiger partial charge in [-0.15, -0.1) is 0 Å². The molecule has 0 bridgehead atoms. The van der Waals surface area contributed by atoms with Crippen LogP contribution in [-0.2, 0) is 0 Å². The van der Waals surface area contributed by atoms with Gasteiger partial charge in [0.25, 0.3) is 5.91 Å². The maximum Gasteiger partial charge on any atom is 0.258 e. The van der Waals surface area contributed by atoms with E-state index in [9.17, 15) is 9.18 Å². The molecule has 0 aromatic heterocycles. The van der Waals surface area contributed by atoms with Crippen molar-refractivity contribution in [2.75, 3.05) is 17.7 Å². The molecular formula is C16H17FN2O2. The molecule has 3 N–H and O–H groups in total. The average Bonchev–Trinajstić information content (AvgIpc) is 2.43. The zero-order valence-corrected chi connectivity index (χ0v) is 11.9. The van der Waals surface area contributed by atoms with Crippen molar-refractivity contribution >= 4 is 17.3 Å². The van der Waals surface area contributed by atoms with Gasteiger partial charge in [-0.1, -0.05) is 6.07 Å². The van der Waals surface area contributed by atoms with Crippen LogP contribution < -0.4 is 15.8 Å². The van der Waals surface area contributed by atoms with Gasteiger partial charge in [-0.2, -0.15) is 0 Å². The van der Waals surface area contributed by atoms with Crippen LogP contribution in [-0.4, -0.2) is 12.5 Å². The number of benzene rings is 2. The second kappa shape index (κ2) is 6.26. The lowest BCUT2D eigenvalue weighted by Gasteiger charge is -2.10. The van der Waals surface area contributed by atoms with Gasteiger partial charge in [-0.25, -0.2) is 4.39 Å². The largest absolute Gasteiger partial charge is 0.494 e. The zero-order valence-electron chi connectivity index (χ0n) is 11.9. The van der Waals surface area contributed by atoms with Crippen molar-refractivity contribution < 1.29 is 13.9 Å². The SMILES string of the molecule is CCOc1cccc(NC(=O)c2cc(N)cc(C)c2F)c1. The number of halogens is 1. The van der Waals surface area contributed by atoms with Crippen LogP contribution in [0.5, 0.6) is 5.75 Å². The van der Waals surface area contributed by atoms with E-state index in [1.54, 1.807) is 31.2 Å². The molecule has 5 heteroatoms. The highest BCUT2D eigenvalue weighted by Crippen LogP contribution is 2.21. The first-order chi connectivity index (χ1) is 10.0. The van der Waals surface area contributed by atoms with E-state index in [1.807, 2.05) is 6.92 Å². The Morgan fingerprint density at radius 1 is 1.33 bits per heavy atom. The molecule has 0 fully saturated rings. The van der Waals surface area contributed by atoms with Gasteiger partial charge in [0.15, 0.2) is 0 Å². The number of nitrogens with one attached hydrogen (secondary N) is 1. The molecular weight excluding hydrogens is 271 g/mol. The lowest BCUT2D eigenvalue weighted by Crippen LogP contribution is -2.15. The summed E-state index contributed by atoms with van der Waals surface area (Å²) < 4.78 is 19.3. The monoisotopic (exact) mass is 288 g/mol. The summed E-state index contributed by atoms with van der Waals surface area (Å²) in [4.78, 5) is 12.2. The molecule has 2 aromatic rings. The van der Waals surface area contributed by atoms with Gasteiger partial charge in [0.1, 0.15) is 11.6 Å².